The van der Waals surface area contributed by atoms with Gasteiger partial charge in [0.2, 0.25) is 0 Å². The number of anilines is 1. The Morgan fingerprint density at radius 2 is 1.76 bits per heavy atom. The zero-order valence-electron chi connectivity index (χ0n) is 13.2. The van der Waals surface area contributed by atoms with Crippen molar-refractivity contribution in [2.45, 2.75) is 19.3 Å². The zero-order valence-corrected chi connectivity index (χ0v) is 15.5. The molecule has 4 nitrogen and oxygen atoms in total. The Hall–Kier alpha value is -1.72. The number of halogens is 3. The van der Waals surface area contributed by atoms with E-state index in [0.717, 1.165) is 11.1 Å². The van der Waals surface area contributed by atoms with Gasteiger partial charge in [0.1, 0.15) is 6.10 Å². The number of benzene rings is 2. The van der Waals surface area contributed by atoms with Crippen molar-refractivity contribution < 1.29 is 4.74 Å². The molecule has 2 aromatic carbocycles. The SMILES string of the molecule is Nc1nccn1CC(OCc1ccc(Cl)cc1)c1ccc(Cl)cc1Cl. The van der Waals surface area contributed by atoms with Gasteiger partial charge >= 0.3 is 0 Å². The first-order valence-corrected chi connectivity index (χ1v) is 8.74. The van der Waals surface area contributed by atoms with Crippen LogP contribution in [-0.2, 0) is 17.9 Å². The van der Waals surface area contributed by atoms with E-state index < -0.39 is 0 Å². The normalized spacial score (nSPS) is 12.3. The van der Waals surface area contributed by atoms with Gasteiger partial charge in [-0.1, -0.05) is 53.0 Å². The molecular weight excluding hydrogens is 381 g/mol. The molecule has 130 valence electrons. The molecule has 2 N–H and O–H groups in total. The van der Waals surface area contributed by atoms with Crippen molar-refractivity contribution in [3.63, 3.8) is 0 Å². The van der Waals surface area contributed by atoms with Crippen LogP contribution in [0.25, 0.3) is 0 Å². The third kappa shape index (κ3) is 4.67. The van der Waals surface area contributed by atoms with E-state index >= 15 is 0 Å². The van der Waals surface area contributed by atoms with Crippen LogP contribution in [0.1, 0.15) is 17.2 Å². The van der Waals surface area contributed by atoms with Crippen LogP contribution in [-0.4, -0.2) is 9.55 Å². The van der Waals surface area contributed by atoms with E-state index in [0.29, 0.717) is 34.2 Å². The summed E-state index contributed by atoms with van der Waals surface area (Å²) in [6, 6.07) is 12.9. The molecule has 7 heteroatoms. The highest BCUT2D eigenvalue weighted by atomic mass is 35.5. The van der Waals surface area contributed by atoms with E-state index in [4.69, 9.17) is 45.3 Å². The lowest BCUT2D eigenvalue weighted by atomic mass is 10.1. The van der Waals surface area contributed by atoms with E-state index in [9.17, 15) is 0 Å². The molecule has 1 unspecified atom stereocenters. The van der Waals surface area contributed by atoms with Crippen molar-refractivity contribution in [3.8, 4) is 0 Å². The first kappa shape index (κ1) is 18.1. The van der Waals surface area contributed by atoms with E-state index in [2.05, 4.69) is 4.98 Å². The second-order valence-corrected chi connectivity index (χ2v) is 6.81. The molecule has 0 radical (unpaired) electrons. The Morgan fingerprint density at radius 1 is 1.04 bits per heavy atom. The summed E-state index contributed by atoms with van der Waals surface area (Å²) in [4.78, 5) is 4.04. The van der Waals surface area contributed by atoms with Gasteiger partial charge in [0.05, 0.1) is 13.2 Å². The van der Waals surface area contributed by atoms with Gasteiger partial charge in [0.25, 0.3) is 0 Å². The summed E-state index contributed by atoms with van der Waals surface area (Å²) in [5, 5.41) is 1.81. The number of imidazole rings is 1. The monoisotopic (exact) mass is 395 g/mol. The molecule has 0 fully saturated rings. The summed E-state index contributed by atoms with van der Waals surface area (Å²) in [5.74, 6) is 0.421. The molecule has 0 aliphatic carbocycles. The molecular formula is C18H16Cl3N3O. The second-order valence-electron chi connectivity index (χ2n) is 5.53. The second kappa shape index (κ2) is 8.11. The van der Waals surface area contributed by atoms with E-state index in [-0.39, 0.29) is 6.10 Å². The van der Waals surface area contributed by atoms with Gasteiger partial charge in [-0.2, -0.15) is 0 Å². The van der Waals surface area contributed by atoms with Gasteiger partial charge < -0.3 is 15.0 Å². The van der Waals surface area contributed by atoms with Gasteiger partial charge in [-0.05, 0) is 29.8 Å². The first-order valence-electron chi connectivity index (χ1n) is 7.60. The minimum atomic E-state index is -0.308. The maximum absolute atomic E-state index is 6.37. The van der Waals surface area contributed by atoms with Crippen molar-refractivity contribution in [2.75, 3.05) is 5.73 Å². The predicted molar refractivity (Wildman–Crippen MR) is 102 cm³/mol. The van der Waals surface area contributed by atoms with Crippen molar-refractivity contribution >= 4 is 40.8 Å². The molecule has 0 aliphatic heterocycles. The number of nitrogens with two attached hydrogens (primary N) is 1. The van der Waals surface area contributed by atoms with Crippen LogP contribution in [0.4, 0.5) is 5.95 Å². The third-order valence-electron chi connectivity index (χ3n) is 3.78. The Balaban J connectivity index is 1.83. The summed E-state index contributed by atoms with van der Waals surface area (Å²) in [7, 11) is 0. The standard InChI is InChI=1S/C18H16Cl3N3O/c19-13-3-1-12(2-4-13)11-25-17(10-24-8-7-23-18(24)22)15-6-5-14(20)9-16(15)21/h1-9,17H,10-11H2,(H2,22,23). The fraction of sp³-hybridized carbons (Fsp3) is 0.167. The minimum absolute atomic E-state index is 0.308. The zero-order chi connectivity index (χ0) is 17.8. The Labute approximate surface area is 161 Å². The van der Waals surface area contributed by atoms with Crippen molar-refractivity contribution in [3.05, 3.63) is 81.1 Å². The summed E-state index contributed by atoms with van der Waals surface area (Å²) in [6.07, 6.45) is 3.14. The van der Waals surface area contributed by atoms with Crippen LogP contribution in [0.2, 0.25) is 15.1 Å². The third-order valence-corrected chi connectivity index (χ3v) is 4.60. The molecule has 1 aromatic heterocycles. The Bertz CT molecular complexity index is 849. The van der Waals surface area contributed by atoms with Gasteiger partial charge in [-0.3, -0.25) is 0 Å². The molecule has 0 aliphatic rings. The maximum atomic E-state index is 6.37. The fourth-order valence-electron chi connectivity index (χ4n) is 2.45. The van der Waals surface area contributed by atoms with Crippen LogP contribution in [0.5, 0.6) is 0 Å². The van der Waals surface area contributed by atoms with Gasteiger partial charge in [-0.25, -0.2) is 4.98 Å². The summed E-state index contributed by atoms with van der Waals surface area (Å²) in [6.45, 7) is 0.899. The van der Waals surface area contributed by atoms with Crippen LogP contribution < -0.4 is 5.73 Å². The average Bonchev–Trinajstić information content (AvgIpc) is 2.98. The summed E-state index contributed by atoms with van der Waals surface area (Å²) >= 11 is 18.3. The van der Waals surface area contributed by atoms with E-state index in [1.807, 2.05) is 34.9 Å². The number of hydrogen-bond acceptors (Lipinski definition) is 3. The number of rotatable bonds is 6. The number of ether oxygens (including phenoxy) is 1. The summed E-state index contributed by atoms with van der Waals surface area (Å²) in [5.41, 5.74) is 7.73. The lowest BCUT2D eigenvalue weighted by Crippen LogP contribution is -2.14. The largest absolute Gasteiger partial charge is 0.369 e. The first-order chi connectivity index (χ1) is 12.0. The Kier molecular flexibility index (Phi) is 5.86. The lowest BCUT2D eigenvalue weighted by Gasteiger charge is -2.21. The number of nitrogens with zero attached hydrogens (tertiary/aromatic N) is 2. The highest BCUT2D eigenvalue weighted by Gasteiger charge is 2.18. The molecule has 0 amide bonds. The maximum Gasteiger partial charge on any atom is 0.200 e. The van der Waals surface area contributed by atoms with Crippen molar-refractivity contribution in [1.29, 1.82) is 0 Å². The van der Waals surface area contributed by atoms with Crippen molar-refractivity contribution in [2.24, 2.45) is 0 Å². The molecule has 0 spiro atoms. The molecule has 3 aromatic rings. The topological polar surface area (TPSA) is 53.1 Å². The van der Waals surface area contributed by atoms with Crippen LogP contribution in [0, 0.1) is 0 Å². The van der Waals surface area contributed by atoms with Gasteiger partial charge in [0, 0.05) is 33.0 Å². The molecule has 0 bridgehead atoms. The lowest BCUT2D eigenvalue weighted by molar-refractivity contribution is 0.0284. The Morgan fingerprint density at radius 3 is 2.40 bits per heavy atom. The predicted octanol–water partition coefficient (Wildman–Crippen LogP) is 5.38. The average molecular weight is 397 g/mol. The van der Waals surface area contributed by atoms with E-state index in [1.165, 1.54) is 0 Å². The fourth-order valence-corrected chi connectivity index (χ4v) is 3.11. The molecule has 1 heterocycles. The van der Waals surface area contributed by atoms with Crippen LogP contribution >= 0.6 is 34.8 Å². The number of aromatic nitrogens is 2. The molecule has 0 saturated heterocycles. The van der Waals surface area contributed by atoms with E-state index in [1.54, 1.807) is 24.5 Å². The van der Waals surface area contributed by atoms with Gasteiger partial charge in [0.15, 0.2) is 5.95 Å². The molecule has 0 saturated carbocycles. The quantitative estimate of drug-likeness (QED) is 0.608. The summed E-state index contributed by atoms with van der Waals surface area (Å²) < 4.78 is 7.95. The number of hydrogen-bond donors (Lipinski definition) is 1. The van der Waals surface area contributed by atoms with Gasteiger partial charge in [-0.15, -0.1) is 0 Å². The molecule has 3 rings (SSSR count). The minimum Gasteiger partial charge on any atom is -0.369 e. The molecule has 1 atom stereocenters. The van der Waals surface area contributed by atoms with Crippen LogP contribution in [0.3, 0.4) is 0 Å². The highest BCUT2D eigenvalue weighted by Crippen LogP contribution is 2.31. The number of nitrogen functional groups attached to an aromatic ring is 1. The smallest absolute Gasteiger partial charge is 0.200 e. The highest BCUT2D eigenvalue weighted by molar-refractivity contribution is 6.35. The van der Waals surface area contributed by atoms with Crippen molar-refractivity contribution in [1.82, 2.24) is 9.55 Å². The molecule has 25 heavy (non-hydrogen) atoms. The van der Waals surface area contributed by atoms with Crippen LogP contribution in [0.15, 0.2) is 54.9 Å².